The van der Waals surface area contributed by atoms with Gasteiger partial charge in [-0.05, 0) is 25.3 Å². The molecule has 2 heterocycles. The fraction of sp³-hybridized carbons (Fsp3) is 0.353. The Balaban J connectivity index is 1.65. The smallest absolute Gasteiger partial charge is 0.229 e. The molecule has 0 bridgehead atoms. The highest BCUT2D eigenvalue weighted by molar-refractivity contribution is 5.91. The van der Waals surface area contributed by atoms with Crippen LogP contribution in [0.25, 0.3) is 0 Å². The summed E-state index contributed by atoms with van der Waals surface area (Å²) in [7, 11) is 0. The molecule has 5 heteroatoms. The minimum absolute atomic E-state index is 0.0586. The molecule has 0 atom stereocenters. The monoisotopic (exact) mass is 296 g/mol. The van der Waals surface area contributed by atoms with Gasteiger partial charge in [0.1, 0.15) is 18.0 Å². The highest BCUT2D eigenvalue weighted by atomic mass is 16.1. The maximum absolute atomic E-state index is 12.1. The van der Waals surface area contributed by atoms with Gasteiger partial charge in [0.25, 0.3) is 0 Å². The summed E-state index contributed by atoms with van der Waals surface area (Å²) in [5, 5.41) is 2.86. The molecule has 2 aromatic rings. The molecule has 0 radical (unpaired) electrons. The molecule has 22 heavy (non-hydrogen) atoms. The highest BCUT2D eigenvalue weighted by Crippen LogP contribution is 2.19. The number of nitrogens with zero attached hydrogens (tertiary/aromatic N) is 3. The minimum atomic E-state index is -0.0586. The number of benzene rings is 1. The first-order valence-corrected chi connectivity index (χ1v) is 7.63. The number of hydrogen-bond donors (Lipinski definition) is 1. The maximum atomic E-state index is 12.1. The van der Waals surface area contributed by atoms with Crippen LogP contribution in [0.2, 0.25) is 0 Å². The SMILES string of the molecule is Cc1cccc(CC(=O)Nc2cc(N3CCCC3)ncn2)c1. The Hall–Kier alpha value is -2.43. The van der Waals surface area contributed by atoms with Crippen molar-refractivity contribution >= 4 is 17.5 Å². The molecule has 1 aliphatic heterocycles. The van der Waals surface area contributed by atoms with E-state index in [4.69, 9.17) is 0 Å². The van der Waals surface area contributed by atoms with Gasteiger partial charge in [-0.3, -0.25) is 4.79 Å². The first-order valence-electron chi connectivity index (χ1n) is 7.63. The van der Waals surface area contributed by atoms with Crippen molar-refractivity contribution in [2.24, 2.45) is 0 Å². The molecule has 1 saturated heterocycles. The quantitative estimate of drug-likeness (QED) is 0.942. The predicted molar refractivity (Wildman–Crippen MR) is 87.0 cm³/mol. The molecule has 1 aromatic heterocycles. The Morgan fingerprint density at radius 1 is 1.23 bits per heavy atom. The number of anilines is 2. The number of carbonyl (C=O) groups excluding carboxylic acids is 1. The van der Waals surface area contributed by atoms with Gasteiger partial charge in [-0.2, -0.15) is 0 Å². The van der Waals surface area contributed by atoms with Crippen molar-refractivity contribution in [2.75, 3.05) is 23.3 Å². The molecule has 114 valence electrons. The summed E-state index contributed by atoms with van der Waals surface area (Å²) in [6.07, 6.45) is 4.25. The van der Waals surface area contributed by atoms with Crippen molar-refractivity contribution in [2.45, 2.75) is 26.2 Å². The van der Waals surface area contributed by atoms with E-state index in [0.29, 0.717) is 12.2 Å². The average Bonchev–Trinajstić information content (AvgIpc) is 3.01. The largest absolute Gasteiger partial charge is 0.356 e. The lowest BCUT2D eigenvalue weighted by Gasteiger charge is -2.16. The predicted octanol–water partition coefficient (Wildman–Crippen LogP) is 2.57. The standard InChI is InChI=1S/C17H20N4O/c1-13-5-4-6-14(9-13)10-17(22)20-15-11-16(19-12-18-15)21-7-2-3-8-21/h4-6,9,11-12H,2-3,7-8,10H2,1H3,(H,18,19,20,22). The van der Waals surface area contributed by atoms with Crippen LogP contribution in [0.5, 0.6) is 0 Å². The van der Waals surface area contributed by atoms with Gasteiger partial charge in [0.05, 0.1) is 6.42 Å². The number of carbonyl (C=O) groups is 1. The molecule has 5 nitrogen and oxygen atoms in total. The van der Waals surface area contributed by atoms with E-state index in [0.717, 1.165) is 30.0 Å². The number of rotatable bonds is 4. The Morgan fingerprint density at radius 3 is 2.82 bits per heavy atom. The number of nitrogens with one attached hydrogen (secondary N) is 1. The summed E-state index contributed by atoms with van der Waals surface area (Å²) in [6, 6.07) is 9.82. The minimum Gasteiger partial charge on any atom is -0.356 e. The fourth-order valence-corrected chi connectivity index (χ4v) is 2.73. The molecule has 1 amide bonds. The maximum Gasteiger partial charge on any atom is 0.229 e. The van der Waals surface area contributed by atoms with Crippen molar-refractivity contribution < 1.29 is 4.79 Å². The van der Waals surface area contributed by atoms with E-state index in [1.165, 1.54) is 19.2 Å². The number of hydrogen-bond acceptors (Lipinski definition) is 4. The van der Waals surface area contributed by atoms with E-state index in [2.05, 4.69) is 20.2 Å². The summed E-state index contributed by atoms with van der Waals surface area (Å²) in [5.74, 6) is 1.39. The molecule has 0 saturated carbocycles. The van der Waals surface area contributed by atoms with Gasteiger partial charge in [-0.25, -0.2) is 9.97 Å². The second-order valence-corrected chi connectivity index (χ2v) is 5.67. The van der Waals surface area contributed by atoms with Gasteiger partial charge >= 0.3 is 0 Å². The lowest BCUT2D eigenvalue weighted by Crippen LogP contribution is -2.20. The Labute approximate surface area is 130 Å². The molecule has 1 fully saturated rings. The van der Waals surface area contributed by atoms with E-state index < -0.39 is 0 Å². The first kappa shape index (κ1) is 14.5. The van der Waals surface area contributed by atoms with E-state index in [1.54, 1.807) is 0 Å². The summed E-state index contributed by atoms with van der Waals surface area (Å²) in [4.78, 5) is 22.8. The van der Waals surface area contributed by atoms with E-state index in [-0.39, 0.29) is 5.91 Å². The van der Waals surface area contributed by atoms with E-state index in [1.807, 2.05) is 37.3 Å². The van der Waals surface area contributed by atoms with Crippen LogP contribution in [0.3, 0.4) is 0 Å². The number of amides is 1. The van der Waals surface area contributed by atoms with Crippen molar-refractivity contribution in [1.82, 2.24) is 9.97 Å². The lowest BCUT2D eigenvalue weighted by atomic mass is 10.1. The Morgan fingerprint density at radius 2 is 2.05 bits per heavy atom. The zero-order valence-corrected chi connectivity index (χ0v) is 12.7. The van der Waals surface area contributed by atoms with Crippen molar-refractivity contribution in [3.05, 3.63) is 47.8 Å². The van der Waals surface area contributed by atoms with Crippen LogP contribution in [0.1, 0.15) is 24.0 Å². The molecular formula is C17H20N4O. The lowest BCUT2D eigenvalue weighted by molar-refractivity contribution is -0.115. The van der Waals surface area contributed by atoms with Gasteiger partial charge in [0, 0.05) is 19.2 Å². The molecular weight excluding hydrogens is 276 g/mol. The molecule has 1 aliphatic rings. The third kappa shape index (κ3) is 3.61. The van der Waals surface area contributed by atoms with Crippen molar-refractivity contribution in [3.63, 3.8) is 0 Å². The summed E-state index contributed by atoms with van der Waals surface area (Å²) < 4.78 is 0. The van der Waals surface area contributed by atoms with Crippen molar-refractivity contribution in [1.29, 1.82) is 0 Å². The van der Waals surface area contributed by atoms with Crippen molar-refractivity contribution in [3.8, 4) is 0 Å². The summed E-state index contributed by atoms with van der Waals surface area (Å²) >= 11 is 0. The highest BCUT2D eigenvalue weighted by Gasteiger charge is 2.14. The number of aromatic nitrogens is 2. The summed E-state index contributed by atoms with van der Waals surface area (Å²) in [6.45, 7) is 4.07. The van der Waals surface area contributed by atoms with Crippen LogP contribution in [0, 0.1) is 6.92 Å². The first-order chi connectivity index (χ1) is 10.7. The fourth-order valence-electron chi connectivity index (χ4n) is 2.73. The van der Waals surface area contributed by atoms with Crippen LogP contribution in [0.4, 0.5) is 11.6 Å². The average molecular weight is 296 g/mol. The molecule has 0 unspecified atom stereocenters. The van der Waals surface area contributed by atoms with E-state index >= 15 is 0 Å². The van der Waals surface area contributed by atoms with Gasteiger partial charge in [0.15, 0.2) is 0 Å². The second kappa shape index (κ2) is 6.56. The molecule has 1 aromatic carbocycles. The van der Waals surface area contributed by atoms with Crippen LogP contribution < -0.4 is 10.2 Å². The topological polar surface area (TPSA) is 58.1 Å². The Bertz CT molecular complexity index is 665. The van der Waals surface area contributed by atoms with Gasteiger partial charge < -0.3 is 10.2 Å². The zero-order valence-electron chi connectivity index (χ0n) is 12.7. The number of aryl methyl sites for hydroxylation is 1. The van der Waals surface area contributed by atoms with Crippen LogP contribution >= 0.6 is 0 Å². The van der Waals surface area contributed by atoms with Crippen LogP contribution in [-0.4, -0.2) is 29.0 Å². The van der Waals surface area contributed by atoms with Crippen LogP contribution in [-0.2, 0) is 11.2 Å². The summed E-state index contributed by atoms with van der Waals surface area (Å²) in [5.41, 5.74) is 2.16. The molecule has 3 rings (SSSR count). The zero-order chi connectivity index (χ0) is 15.4. The van der Waals surface area contributed by atoms with Gasteiger partial charge in [-0.15, -0.1) is 0 Å². The molecule has 1 N–H and O–H groups in total. The van der Waals surface area contributed by atoms with Crippen LogP contribution in [0.15, 0.2) is 36.7 Å². The second-order valence-electron chi connectivity index (χ2n) is 5.67. The molecule has 0 aliphatic carbocycles. The van der Waals surface area contributed by atoms with Gasteiger partial charge in [0.2, 0.25) is 5.91 Å². The Kier molecular flexibility index (Phi) is 4.32. The van der Waals surface area contributed by atoms with E-state index in [9.17, 15) is 4.79 Å². The normalized spacial score (nSPS) is 14.1. The van der Waals surface area contributed by atoms with Gasteiger partial charge in [-0.1, -0.05) is 29.8 Å². The third-order valence-corrected chi connectivity index (χ3v) is 3.80. The third-order valence-electron chi connectivity index (χ3n) is 3.80. The molecule has 0 spiro atoms.